The fourth-order valence-corrected chi connectivity index (χ4v) is 5.00. The Labute approximate surface area is 209 Å². The summed E-state index contributed by atoms with van der Waals surface area (Å²) in [5.41, 5.74) is 3.98. The van der Waals surface area contributed by atoms with Gasteiger partial charge in [-0.1, -0.05) is 63.1 Å². The van der Waals surface area contributed by atoms with E-state index < -0.39 is 15.9 Å². The van der Waals surface area contributed by atoms with E-state index in [1.807, 2.05) is 30.3 Å². The van der Waals surface area contributed by atoms with Crippen LogP contribution in [0.4, 0.5) is 5.69 Å². The molecule has 8 heteroatoms. The quantitative estimate of drug-likeness (QED) is 0.472. The van der Waals surface area contributed by atoms with Crippen molar-refractivity contribution < 1.29 is 17.9 Å². The predicted octanol–water partition coefficient (Wildman–Crippen LogP) is 6.02. The smallest absolute Gasteiger partial charge is 0.260 e. The molecule has 0 radical (unpaired) electrons. The molecular formula is C27H37N3O4S. The summed E-state index contributed by atoms with van der Waals surface area (Å²) in [4.78, 5) is 12.7. The second-order valence-corrected chi connectivity index (χ2v) is 11.0. The number of ether oxygens (including phenoxy) is 1. The molecule has 0 spiro atoms. The molecular weight excluding hydrogens is 462 g/mol. The first-order valence-electron chi connectivity index (χ1n) is 12.6. The third-order valence-electron chi connectivity index (χ3n) is 6.06. The Hall–Kier alpha value is -2.87. The first-order chi connectivity index (χ1) is 16.9. The number of para-hydroxylation sites is 1. The summed E-state index contributed by atoms with van der Waals surface area (Å²) < 4.78 is 31.7. The molecule has 1 saturated carbocycles. The Morgan fingerprint density at radius 2 is 1.34 bits per heavy atom. The summed E-state index contributed by atoms with van der Waals surface area (Å²) >= 11 is 0. The van der Waals surface area contributed by atoms with Crippen LogP contribution in [0, 0.1) is 0 Å². The minimum absolute atomic E-state index is 0.339. The number of anilines is 1. The van der Waals surface area contributed by atoms with Gasteiger partial charge in [0.2, 0.25) is 10.0 Å². The number of benzene rings is 2. The van der Waals surface area contributed by atoms with E-state index in [9.17, 15) is 13.2 Å². The lowest BCUT2D eigenvalue weighted by Crippen LogP contribution is -2.39. The predicted molar refractivity (Wildman–Crippen MR) is 142 cm³/mol. The Kier molecular flexibility index (Phi) is 10.6. The highest BCUT2D eigenvalue weighted by Crippen LogP contribution is 2.25. The minimum Gasteiger partial charge on any atom is -0.457 e. The van der Waals surface area contributed by atoms with Crippen molar-refractivity contribution in [3.05, 3.63) is 54.6 Å². The molecule has 2 aromatic rings. The fraction of sp³-hybridized carbons (Fsp3) is 0.481. The van der Waals surface area contributed by atoms with Gasteiger partial charge in [-0.3, -0.25) is 9.10 Å². The number of carbonyl (C=O) groups excluding carboxylic acids is 1. The largest absolute Gasteiger partial charge is 0.457 e. The van der Waals surface area contributed by atoms with E-state index in [0.29, 0.717) is 17.2 Å². The number of amides is 1. The summed E-state index contributed by atoms with van der Waals surface area (Å²) in [5.74, 6) is 0.802. The SMILES string of the molecule is CS(=O)(=O)N(CC(=O)NN=C1CCCCCCCCCCC1)c1ccc(Oc2ccccc2)cc1. The van der Waals surface area contributed by atoms with Crippen LogP contribution in [-0.2, 0) is 14.8 Å². The van der Waals surface area contributed by atoms with Crippen molar-refractivity contribution >= 4 is 27.3 Å². The second kappa shape index (κ2) is 13.9. The number of sulfonamides is 1. The zero-order chi connectivity index (χ0) is 24.9. The van der Waals surface area contributed by atoms with Crippen LogP contribution in [0.15, 0.2) is 59.7 Å². The van der Waals surface area contributed by atoms with Crippen molar-refractivity contribution in [1.29, 1.82) is 0 Å². The van der Waals surface area contributed by atoms with E-state index in [4.69, 9.17) is 4.74 Å². The van der Waals surface area contributed by atoms with Gasteiger partial charge in [0.15, 0.2) is 0 Å². The summed E-state index contributed by atoms with van der Waals surface area (Å²) in [7, 11) is -3.67. The average molecular weight is 500 g/mol. The maximum absolute atomic E-state index is 12.7. The number of nitrogens with zero attached hydrogens (tertiary/aromatic N) is 2. The van der Waals surface area contributed by atoms with Gasteiger partial charge in [0.05, 0.1) is 11.9 Å². The van der Waals surface area contributed by atoms with Crippen LogP contribution in [-0.4, -0.2) is 32.8 Å². The zero-order valence-electron chi connectivity index (χ0n) is 20.6. The maximum atomic E-state index is 12.7. The summed E-state index contributed by atoms with van der Waals surface area (Å²) in [6, 6.07) is 16.0. The van der Waals surface area contributed by atoms with Crippen molar-refractivity contribution in [2.75, 3.05) is 17.1 Å². The van der Waals surface area contributed by atoms with Gasteiger partial charge in [-0.25, -0.2) is 13.8 Å². The molecule has 0 heterocycles. The number of hydrogen-bond donors (Lipinski definition) is 1. The van der Waals surface area contributed by atoms with E-state index in [1.54, 1.807) is 24.3 Å². The molecule has 0 aliphatic heterocycles. The van der Waals surface area contributed by atoms with Crippen LogP contribution in [0.5, 0.6) is 11.5 Å². The van der Waals surface area contributed by atoms with Gasteiger partial charge in [0.1, 0.15) is 18.0 Å². The molecule has 7 nitrogen and oxygen atoms in total. The van der Waals surface area contributed by atoms with Crippen molar-refractivity contribution in [1.82, 2.24) is 5.43 Å². The van der Waals surface area contributed by atoms with Gasteiger partial charge in [-0.2, -0.15) is 5.10 Å². The highest BCUT2D eigenvalue weighted by atomic mass is 32.2. The molecule has 3 rings (SSSR count). The van der Waals surface area contributed by atoms with Gasteiger partial charge >= 0.3 is 0 Å². The number of carbonyl (C=O) groups is 1. The van der Waals surface area contributed by atoms with Gasteiger partial charge in [0.25, 0.3) is 5.91 Å². The average Bonchev–Trinajstić information content (AvgIpc) is 2.83. The lowest BCUT2D eigenvalue weighted by molar-refractivity contribution is -0.119. The van der Waals surface area contributed by atoms with E-state index in [-0.39, 0.29) is 6.54 Å². The zero-order valence-corrected chi connectivity index (χ0v) is 21.4. The third kappa shape index (κ3) is 9.72. The van der Waals surface area contributed by atoms with Crippen molar-refractivity contribution in [3.63, 3.8) is 0 Å². The lowest BCUT2D eigenvalue weighted by atomic mass is 10.00. The molecule has 0 aromatic heterocycles. The standard InChI is InChI=1S/C27H37N3O4S/c1-35(32,33)30(24-18-20-26(21-19-24)34-25-16-12-9-13-17-25)22-27(31)29-28-23-14-10-7-5-3-2-4-6-8-11-15-23/h9,12-13,16-21H,2-8,10-11,14-15,22H2,1H3,(H,29,31). The Morgan fingerprint density at radius 1 is 0.829 bits per heavy atom. The summed E-state index contributed by atoms with van der Waals surface area (Å²) in [6.07, 6.45) is 13.8. The van der Waals surface area contributed by atoms with Crippen molar-refractivity contribution in [2.45, 2.75) is 70.6 Å². The normalized spacial score (nSPS) is 15.9. The van der Waals surface area contributed by atoms with Crippen LogP contribution in [0.25, 0.3) is 0 Å². The summed E-state index contributed by atoms with van der Waals surface area (Å²) in [6.45, 7) is -0.339. The molecule has 0 atom stereocenters. The molecule has 0 unspecified atom stereocenters. The Balaban J connectivity index is 1.61. The van der Waals surface area contributed by atoms with Crippen LogP contribution < -0.4 is 14.5 Å². The third-order valence-corrected chi connectivity index (χ3v) is 7.20. The second-order valence-electron chi connectivity index (χ2n) is 9.07. The summed E-state index contributed by atoms with van der Waals surface area (Å²) in [5, 5.41) is 4.38. The van der Waals surface area contributed by atoms with E-state index in [2.05, 4.69) is 10.5 Å². The first-order valence-corrected chi connectivity index (χ1v) is 14.4. The molecule has 190 valence electrons. The van der Waals surface area contributed by atoms with Crippen LogP contribution >= 0.6 is 0 Å². The molecule has 1 aliphatic carbocycles. The molecule has 35 heavy (non-hydrogen) atoms. The number of nitrogens with one attached hydrogen (secondary N) is 1. The molecule has 1 N–H and O–H groups in total. The Bertz CT molecular complexity index is 1040. The lowest BCUT2D eigenvalue weighted by Gasteiger charge is -2.21. The fourth-order valence-electron chi connectivity index (χ4n) is 4.14. The Morgan fingerprint density at radius 3 is 1.89 bits per heavy atom. The van der Waals surface area contributed by atoms with Gasteiger partial charge in [-0.05, 0) is 62.1 Å². The van der Waals surface area contributed by atoms with Crippen molar-refractivity contribution in [3.8, 4) is 11.5 Å². The number of rotatable bonds is 7. The molecule has 0 bridgehead atoms. The van der Waals surface area contributed by atoms with Crippen molar-refractivity contribution in [2.24, 2.45) is 5.10 Å². The molecule has 1 fully saturated rings. The highest BCUT2D eigenvalue weighted by molar-refractivity contribution is 7.92. The van der Waals surface area contributed by atoms with E-state index in [0.717, 1.165) is 42.0 Å². The highest BCUT2D eigenvalue weighted by Gasteiger charge is 2.21. The molecule has 0 saturated heterocycles. The number of hydrogen-bond acceptors (Lipinski definition) is 5. The minimum atomic E-state index is -3.67. The van der Waals surface area contributed by atoms with Gasteiger partial charge in [-0.15, -0.1) is 0 Å². The van der Waals surface area contributed by atoms with E-state index in [1.165, 1.54) is 44.9 Å². The molecule has 1 aliphatic rings. The van der Waals surface area contributed by atoms with Crippen LogP contribution in [0.1, 0.15) is 70.6 Å². The van der Waals surface area contributed by atoms with Crippen LogP contribution in [0.3, 0.4) is 0 Å². The van der Waals surface area contributed by atoms with E-state index >= 15 is 0 Å². The van der Waals surface area contributed by atoms with Crippen LogP contribution in [0.2, 0.25) is 0 Å². The molecule has 1 amide bonds. The first kappa shape index (κ1) is 26.7. The van der Waals surface area contributed by atoms with Gasteiger partial charge in [0, 0.05) is 5.71 Å². The van der Waals surface area contributed by atoms with Gasteiger partial charge < -0.3 is 4.74 Å². The number of hydrazone groups is 1. The topological polar surface area (TPSA) is 88.1 Å². The molecule has 2 aromatic carbocycles. The maximum Gasteiger partial charge on any atom is 0.260 e. The monoisotopic (exact) mass is 499 g/mol.